The molecule has 1 N–H and O–H groups in total. The fraction of sp³-hybridized carbons (Fsp3) is 0.320. The number of H-pyrrole nitrogens is 1. The summed E-state index contributed by atoms with van der Waals surface area (Å²) in [5.41, 5.74) is 3.05. The Labute approximate surface area is 199 Å². The number of aromatic amines is 1. The number of benzene rings is 2. The molecule has 0 spiro atoms. The number of rotatable bonds is 7. The molecule has 0 radical (unpaired) electrons. The molecule has 7 rings (SSSR count). The molecule has 0 aliphatic carbocycles. The number of hydrogen-bond donors (Lipinski definition) is 1. The number of aromatic nitrogens is 3. The van der Waals surface area contributed by atoms with E-state index >= 15 is 0 Å². The number of ether oxygens (including phenoxy) is 3. The number of halogens is 1. The van der Waals surface area contributed by atoms with Crippen LogP contribution in [0.3, 0.4) is 0 Å². The first-order valence-electron chi connectivity index (χ1n) is 11.4. The van der Waals surface area contributed by atoms with Gasteiger partial charge in [-0.3, -0.25) is 9.89 Å². The van der Waals surface area contributed by atoms with Gasteiger partial charge in [0.05, 0.1) is 24.3 Å². The van der Waals surface area contributed by atoms with Crippen molar-refractivity contribution < 1.29 is 27.9 Å². The van der Waals surface area contributed by atoms with Gasteiger partial charge in [-0.05, 0) is 18.2 Å². The summed E-state index contributed by atoms with van der Waals surface area (Å²) >= 11 is 0. The molecular weight excluding hydrogens is 455 g/mol. The van der Waals surface area contributed by atoms with Crippen LogP contribution in [0.25, 0.3) is 33.6 Å². The van der Waals surface area contributed by atoms with Crippen LogP contribution in [0, 0.1) is 5.82 Å². The highest BCUT2D eigenvalue weighted by molar-refractivity contribution is 5.95. The third-order valence-electron chi connectivity index (χ3n) is 6.38. The van der Waals surface area contributed by atoms with Crippen LogP contribution in [0.15, 0.2) is 47.0 Å². The molecule has 180 valence electrons. The molecule has 2 aromatic heterocycles. The van der Waals surface area contributed by atoms with Crippen molar-refractivity contribution in [1.29, 1.82) is 0 Å². The molecule has 5 heterocycles. The van der Waals surface area contributed by atoms with E-state index in [1.165, 1.54) is 6.07 Å². The summed E-state index contributed by atoms with van der Waals surface area (Å²) in [5.74, 6) is 0.0120. The van der Waals surface area contributed by atoms with Crippen LogP contribution >= 0.6 is 0 Å². The molecule has 2 atom stereocenters. The highest BCUT2D eigenvalue weighted by atomic mass is 19.1. The minimum absolute atomic E-state index is 0.00554. The first kappa shape index (κ1) is 21.8. The van der Waals surface area contributed by atoms with Crippen molar-refractivity contribution in [1.82, 2.24) is 20.3 Å². The molecule has 2 unspecified atom stereocenters. The topological polar surface area (TPSA) is 103 Å². The number of fused-ring (bicyclic) bond motifs is 3. The zero-order valence-electron chi connectivity index (χ0n) is 19.0. The molecule has 3 fully saturated rings. The van der Waals surface area contributed by atoms with E-state index in [0.717, 1.165) is 12.0 Å². The Hall–Kier alpha value is -3.76. The maximum atomic E-state index is 14.6. The molecule has 9 nitrogen and oxygen atoms in total. The smallest absolute Gasteiger partial charge is 0.254 e. The predicted molar refractivity (Wildman–Crippen MR) is 124 cm³/mol. The van der Waals surface area contributed by atoms with E-state index in [9.17, 15) is 9.18 Å². The first-order valence-corrected chi connectivity index (χ1v) is 11.4. The monoisotopic (exact) mass is 478 g/mol. The van der Waals surface area contributed by atoms with E-state index < -0.39 is 5.82 Å². The molecule has 0 saturated carbocycles. The Bertz CT molecular complexity index is 1370. The van der Waals surface area contributed by atoms with Crippen molar-refractivity contribution in [3.8, 4) is 28.5 Å². The molecular formula is C25H23FN4O5. The molecule has 2 aromatic carbocycles. The van der Waals surface area contributed by atoms with E-state index in [1.54, 1.807) is 31.4 Å². The molecule has 2 bridgehead atoms. The standard InChI is InChI=1S/C25H23FN4O5/c1-32-6-7-33-22-11-21-18(9-19(22)26)24(28-27-21)23-10-20(29-35-23)14-2-4-15(5-3-14)25(31)30-12-16-8-17(13-30)34-16/h2-5,9-11,16-17H,6-8,12-13H2,1H3,(H,27,28). The Balaban J connectivity index is 1.20. The predicted octanol–water partition coefficient (Wildman–Crippen LogP) is 3.66. The molecule has 3 aliphatic rings. The van der Waals surface area contributed by atoms with Gasteiger partial charge in [0.2, 0.25) is 0 Å². The summed E-state index contributed by atoms with van der Waals surface area (Å²) in [6.07, 6.45) is 1.39. The van der Waals surface area contributed by atoms with Crippen LogP contribution in [0.4, 0.5) is 4.39 Å². The van der Waals surface area contributed by atoms with E-state index in [4.69, 9.17) is 18.7 Å². The van der Waals surface area contributed by atoms with Crippen LogP contribution in [0.5, 0.6) is 5.75 Å². The summed E-state index contributed by atoms with van der Waals surface area (Å²) < 4.78 is 36.0. The second-order valence-corrected chi connectivity index (χ2v) is 8.72. The SMILES string of the molecule is COCCOc1cc2[nH]nc(-c3cc(-c4ccc(C(=O)N5CC6CC(C5)O6)cc4)no3)c2cc1F. The van der Waals surface area contributed by atoms with Crippen molar-refractivity contribution in [3.05, 3.63) is 53.8 Å². The van der Waals surface area contributed by atoms with Crippen LogP contribution in [0.1, 0.15) is 16.8 Å². The average Bonchev–Trinajstić information content (AvgIpc) is 3.51. The number of methoxy groups -OCH3 is 1. The number of hydrogen-bond acceptors (Lipinski definition) is 7. The van der Waals surface area contributed by atoms with E-state index in [2.05, 4.69) is 15.4 Å². The molecule has 4 aromatic rings. The Morgan fingerprint density at radius 1 is 1.17 bits per heavy atom. The van der Waals surface area contributed by atoms with Gasteiger partial charge >= 0.3 is 0 Å². The number of morpholine rings is 1. The minimum Gasteiger partial charge on any atom is -0.488 e. The van der Waals surface area contributed by atoms with Gasteiger partial charge in [0, 0.05) is 55.3 Å². The number of nitrogens with one attached hydrogen (secondary N) is 1. The van der Waals surface area contributed by atoms with Gasteiger partial charge in [-0.2, -0.15) is 5.10 Å². The second-order valence-electron chi connectivity index (χ2n) is 8.72. The van der Waals surface area contributed by atoms with E-state index in [-0.39, 0.29) is 30.5 Å². The Morgan fingerprint density at radius 3 is 2.69 bits per heavy atom. The summed E-state index contributed by atoms with van der Waals surface area (Å²) in [5, 5.41) is 11.9. The minimum atomic E-state index is -0.506. The Kier molecular flexibility index (Phi) is 5.46. The number of nitrogens with zero attached hydrogens (tertiary/aromatic N) is 3. The number of carbonyl (C=O) groups is 1. The fourth-order valence-electron chi connectivity index (χ4n) is 4.56. The third-order valence-corrected chi connectivity index (χ3v) is 6.38. The summed E-state index contributed by atoms with van der Waals surface area (Å²) in [6, 6.07) is 11.9. The van der Waals surface area contributed by atoms with Crippen LogP contribution in [-0.4, -0.2) is 71.8 Å². The third kappa shape index (κ3) is 4.04. The van der Waals surface area contributed by atoms with E-state index in [1.807, 2.05) is 17.0 Å². The molecule has 10 heteroatoms. The largest absolute Gasteiger partial charge is 0.488 e. The van der Waals surface area contributed by atoms with Gasteiger partial charge in [-0.15, -0.1) is 0 Å². The van der Waals surface area contributed by atoms with Crippen molar-refractivity contribution in [2.24, 2.45) is 0 Å². The average molecular weight is 478 g/mol. The second kappa shape index (κ2) is 8.79. The zero-order chi connectivity index (χ0) is 23.9. The number of amides is 1. The summed E-state index contributed by atoms with van der Waals surface area (Å²) in [4.78, 5) is 14.7. The highest BCUT2D eigenvalue weighted by Crippen LogP contribution is 2.33. The Morgan fingerprint density at radius 2 is 1.94 bits per heavy atom. The lowest BCUT2D eigenvalue weighted by Crippen LogP contribution is -2.58. The molecule has 3 aliphatic heterocycles. The first-order chi connectivity index (χ1) is 17.1. The lowest BCUT2D eigenvalue weighted by Gasteiger charge is -2.47. The van der Waals surface area contributed by atoms with Gasteiger partial charge in [0.25, 0.3) is 5.91 Å². The van der Waals surface area contributed by atoms with Crippen LogP contribution < -0.4 is 4.74 Å². The normalized spacial score (nSPS) is 19.1. The summed E-state index contributed by atoms with van der Waals surface area (Å²) in [7, 11) is 1.55. The zero-order valence-corrected chi connectivity index (χ0v) is 19.0. The lowest BCUT2D eigenvalue weighted by molar-refractivity contribution is -0.171. The highest BCUT2D eigenvalue weighted by Gasteiger charge is 2.40. The maximum absolute atomic E-state index is 14.6. The summed E-state index contributed by atoms with van der Waals surface area (Å²) in [6.45, 7) is 1.88. The number of piperidine rings is 1. The van der Waals surface area contributed by atoms with Gasteiger partial charge in [-0.1, -0.05) is 17.3 Å². The maximum Gasteiger partial charge on any atom is 0.254 e. The van der Waals surface area contributed by atoms with E-state index in [0.29, 0.717) is 53.3 Å². The quantitative estimate of drug-likeness (QED) is 0.405. The van der Waals surface area contributed by atoms with Gasteiger partial charge < -0.3 is 23.6 Å². The van der Waals surface area contributed by atoms with Crippen molar-refractivity contribution in [2.45, 2.75) is 18.6 Å². The molecule has 1 amide bonds. The fourth-order valence-corrected chi connectivity index (χ4v) is 4.56. The lowest BCUT2D eigenvalue weighted by atomic mass is 9.98. The van der Waals surface area contributed by atoms with Crippen LogP contribution in [0.2, 0.25) is 0 Å². The van der Waals surface area contributed by atoms with Crippen molar-refractivity contribution >= 4 is 16.8 Å². The molecule has 35 heavy (non-hydrogen) atoms. The van der Waals surface area contributed by atoms with Gasteiger partial charge in [0.1, 0.15) is 18.0 Å². The van der Waals surface area contributed by atoms with Crippen molar-refractivity contribution in [3.63, 3.8) is 0 Å². The van der Waals surface area contributed by atoms with Crippen LogP contribution in [-0.2, 0) is 9.47 Å². The molecule has 3 saturated heterocycles. The van der Waals surface area contributed by atoms with Gasteiger partial charge in [0.15, 0.2) is 17.3 Å². The van der Waals surface area contributed by atoms with Crippen molar-refractivity contribution in [2.75, 3.05) is 33.4 Å². The van der Waals surface area contributed by atoms with Gasteiger partial charge in [-0.25, -0.2) is 4.39 Å². The number of carbonyl (C=O) groups excluding carboxylic acids is 1.